The Balaban J connectivity index is 1.45. The van der Waals surface area contributed by atoms with Gasteiger partial charge in [0, 0.05) is 17.7 Å². The zero-order valence-electron chi connectivity index (χ0n) is 11.1. The third kappa shape index (κ3) is 1.67. The van der Waals surface area contributed by atoms with E-state index in [1.54, 1.807) is 7.11 Å². The number of rotatable bonds is 3. The molecule has 19 heavy (non-hydrogen) atoms. The van der Waals surface area contributed by atoms with Crippen molar-refractivity contribution < 1.29 is 9.53 Å². The van der Waals surface area contributed by atoms with Gasteiger partial charge in [0.2, 0.25) is 5.91 Å². The molecular formula is C16H19NO2. The maximum Gasteiger partial charge on any atom is 0.228 e. The van der Waals surface area contributed by atoms with E-state index in [9.17, 15) is 4.79 Å². The van der Waals surface area contributed by atoms with Gasteiger partial charge in [0.15, 0.2) is 0 Å². The van der Waals surface area contributed by atoms with Gasteiger partial charge < -0.3 is 10.1 Å². The second-order valence-corrected chi connectivity index (χ2v) is 6.23. The minimum Gasteiger partial charge on any atom is -0.497 e. The molecule has 1 N–H and O–H groups in total. The molecule has 0 saturated heterocycles. The Kier molecular flexibility index (Phi) is 2.38. The molecule has 100 valence electrons. The van der Waals surface area contributed by atoms with Crippen LogP contribution in [0.5, 0.6) is 5.75 Å². The summed E-state index contributed by atoms with van der Waals surface area (Å²) in [4.78, 5) is 12.4. The van der Waals surface area contributed by atoms with Gasteiger partial charge in [-0.25, -0.2) is 0 Å². The van der Waals surface area contributed by atoms with Crippen molar-refractivity contribution in [3.8, 4) is 5.75 Å². The van der Waals surface area contributed by atoms with Crippen LogP contribution in [0.1, 0.15) is 19.3 Å². The Morgan fingerprint density at radius 1 is 1.26 bits per heavy atom. The third-order valence-corrected chi connectivity index (χ3v) is 5.38. The van der Waals surface area contributed by atoms with Crippen LogP contribution in [0.15, 0.2) is 24.3 Å². The van der Waals surface area contributed by atoms with Crippen molar-refractivity contribution in [2.24, 2.45) is 29.6 Å². The van der Waals surface area contributed by atoms with Crippen LogP contribution in [-0.2, 0) is 4.79 Å². The Labute approximate surface area is 113 Å². The summed E-state index contributed by atoms with van der Waals surface area (Å²) in [6, 6.07) is 7.60. The standard InChI is InChI=1S/C16H19NO2/c1-19-12-4-2-3-11(8-12)17-16(18)15-13-9-5-6-10(7-9)14(13)15/h2-4,8-10,13-15H,5-7H2,1H3,(H,17,18)/t9-,10-,13+,14+/m1/s1. The van der Waals surface area contributed by atoms with Gasteiger partial charge >= 0.3 is 0 Å². The number of hydrogen-bond acceptors (Lipinski definition) is 2. The minimum absolute atomic E-state index is 0.222. The normalized spacial score (nSPS) is 37.8. The van der Waals surface area contributed by atoms with Crippen molar-refractivity contribution in [2.45, 2.75) is 19.3 Å². The van der Waals surface area contributed by atoms with E-state index in [0.29, 0.717) is 11.8 Å². The van der Waals surface area contributed by atoms with E-state index in [-0.39, 0.29) is 11.8 Å². The molecule has 0 aromatic heterocycles. The molecule has 3 aliphatic rings. The fourth-order valence-electron chi connectivity index (χ4n) is 4.60. The van der Waals surface area contributed by atoms with Crippen molar-refractivity contribution in [2.75, 3.05) is 12.4 Å². The van der Waals surface area contributed by atoms with Gasteiger partial charge in [0.1, 0.15) is 5.75 Å². The van der Waals surface area contributed by atoms with Crippen LogP contribution >= 0.6 is 0 Å². The molecule has 3 fully saturated rings. The molecule has 0 unspecified atom stereocenters. The fraction of sp³-hybridized carbons (Fsp3) is 0.562. The minimum atomic E-state index is 0.222. The summed E-state index contributed by atoms with van der Waals surface area (Å²) in [5.74, 6) is 4.38. The van der Waals surface area contributed by atoms with Crippen LogP contribution in [0, 0.1) is 29.6 Å². The molecule has 4 rings (SSSR count). The number of carbonyl (C=O) groups is 1. The first-order chi connectivity index (χ1) is 9.28. The lowest BCUT2D eigenvalue weighted by atomic mass is 10.0. The predicted molar refractivity (Wildman–Crippen MR) is 72.9 cm³/mol. The molecule has 2 bridgehead atoms. The summed E-state index contributed by atoms with van der Waals surface area (Å²) in [6.45, 7) is 0. The first kappa shape index (κ1) is 11.3. The number of nitrogens with one attached hydrogen (secondary N) is 1. The van der Waals surface area contributed by atoms with Crippen molar-refractivity contribution >= 4 is 11.6 Å². The fourth-order valence-corrected chi connectivity index (χ4v) is 4.60. The van der Waals surface area contributed by atoms with Crippen molar-refractivity contribution in [3.63, 3.8) is 0 Å². The summed E-state index contributed by atoms with van der Waals surface area (Å²) in [5.41, 5.74) is 0.849. The Morgan fingerprint density at radius 2 is 2.00 bits per heavy atom. The lowest BCUT2D eigenvalue weighted by Crippen LogP contribution is -2.18. The van der Waals surface area contributed by atoms with Crippen molar-refractivity contribution in [3.05, 3.63) is 24.3 Å². The maximum absolute atomic E-state index is 12.4. The molecule has 0 aliphatic heterocycles. The van der Waals surface area contributed by atoms with E-state index in [0.717, 1.165) is 23.3 Å². The summed E-state index contributed by atoms with van der Waals surface area (Å²) in [7, 11) is 1.64. The zero-order valence-corrected chi connectivity index (χ0v) is 11.1. The van der Waals surface area contributed by atoms with Gasteiger partial charge in [-0.1, -0.05) is 6.07 Å². The number of benzene rings is 1. The lowest BCUT2D eigenvalue weighted by molar-refractivity contribution is -0.118. The molecular weight excluding hydrogens is 238 g/mol. The molecule has 3 nitrogen and oxygen atoms in total. The largest absolute Gasteiger partial charge is 0.497 e. The van der Waals surface area contributed by atoms with Crippen LogP contribution in [0.2, 0.25) is 0 Å². The number of anilines is 1. The van der Waals surface area contributed by atoms with Gasteiger partial charge in [0.05, 0.1) is 7.11 Å². The molecule has 1 aromatic rings. The molecule has 1 amide bonds. The van der Waals surface area contributed by atoms with E-state index in [1.807, 2.05) is 24.3 Å². The molecule has 0 heterocycles. The van der Waals surface area contributed by atoms with Gasteiger partial charge in [-0.3, -0.25) is 4.79 Å². The molecule has 1 aromatic carbocycles. The quantitative estimate of drug-likeness (QED) is 0.904. The predicted octanol–water partition coefficient (Wildman–Crippen LogP) is 2.93. The zero-order chi connectivity index (χ0) is 13.0. The van der Waals surface area contributed by atoms with Crippen LogP contribution < -0.4 is 10.1 Å². The monoisotopic (exact) mass is 257 g/mol. The van der Waals surface area contributed by atoms with Gasteiger partial charge in [-0.15, -0.1) is 0 Å². The molecule has 3 saturated carbocycles. The van der Waals surface area contributed by atoms with Crippen molar-refractivity contribution in [1.29, 1.82) is 0 Å². The number of methoxy groups -OCH3 is 1. The Bertz CT molecular complexity index is 511. The smallest absolute Gasteiger partial charge is 0.228 e. The Morgan fingerprint density at radius 3 is 2.68 bits per heavy atom. The first-order valence-electron chi connectivity index (χ1n) is 7.23. The topological polar surface area (TPSA) is 38.3 Å². The highest BCUT2D eigenvalue weighted by Crippen LogP contribution is 2.69. The van der Waals surface area contributed by atoms with E-state index >= 15 is 0 Å². The van der Waals surface area contributed by atoms with Crippen LogP contribution in [0.3, 0.4) is 0 Å². The van der Waals surface area contributed by atoms with E-state index < -0.39 is 0 Å². The maximum atomic E-state index is 12.4. The molecule has 4 atom stereocenters. The van der Waals surface area contributed by atoms with Crippen molar-refractivity contribution in [1.82, 2.24) is 0 Å². The molecule has 3 aliphatic carbocycles. The third-order valence-electron chi connectivity index (χ3n) is 5.38. The average Bonchev–Trinajstić information content (AvgIpc) is 2.88. The van der Waals surface area contributed by atoms with Gasteiger partial charge in [0.25, 0.3) is 0 Å². The number of hydrogen-bond donors (Lipinski definition) is 1. The van der Waals surface area contributed by atoms with E-state index in [4.69, 9.17) is 4.74 Å². The van der Waals surface area contributed by atoms with Crippen LogP contribution in [0.25, 0.3) is 0 Å². The number of ether oxygens (including phenoxy) is 1. The van der Waals surface area contributed by atoms with Crippen LogP contribution in [0.4, 0.5) is 5.69 Å². The van der Waals surface area contributed by atoms with E-state index in [1.165, 1.54) is 19.3 Å². The molecule has 3 heteroatoms. The number of fused-ring (bicyclic) bond motifs is 5. The second-order valence-electron chi connectivity index (χ2n) is 6.23. The number of amides is 1. The first-order valence-corrected chi connectivity index (χ1v) is 7.23. The second kappa shape index (κ2) is 3.99. The summed E-state index contributed by atoms with van der Waals surface area (Å²) < 4.78 is 5.18. The molecule has 0 radical (unpaired) electrons. The van der Waals surface area contributed by atoms with Crippen LogP contribution in [-0.4, -0.2) is 13.0 Å². The number of carbonyl (C=O) groups excluding carboxylic acids is 1. The highest BCUT2D eigenvalue weighted by Gasteiger charge is 2.67. The highest BCUT2D eigenvalue weighted by molar-refractivity contribution is 5.95. The highest BCUT2D eigenvalue weighted by atomic mass is 16.5. The summed E-state index contributed by atoms with van der Waals surface area (Å²) in [5, 5.41) is 3.06. The Hall–Kier alpha value is -1.51. The summed E-state index contributed by atoms with van der Waals surface area (Å²) in [6.07, 6.45) is 4.10. The van der Waals surface area contributed by atoms with Gasteiger partial charge in [-0.2, -0.15) is 0 Å². The summed E-state index contributed by atoms with van der Waals surface area (Å²) >= 11 is 0. The SMILES string of the molecule is COc1cccc(NC(=O)C2[C@H]3[C@@H]4CC[C@H](C4)[C@H]23)c1. The van der Waals surface area contributed by atoms with Gasteiger partial charge in [-0.05, 0) is 55.1 Å². The lowest BCUT2D eigenvalue weighted by Gasteiger charge is -2.10. The molecule has 0 spiro atoms. The average molecular weight is 257 g/mol. The van der Waals surface area contributed by atoms with E-state index in [2.05, 4.69) is 5.32 Å².